The third kappa shape index (κ3) is 8.02. The van der Waals surface area contributed by atoms with E-state index in [9.17, 15) is 28.0 Å². The van der Waals surface area contributed by atoms with E-state index in [0.717, 1.165) is 28.8 Å². The van der Waals surface area contributed by atoms with Gasteiger partial charge in [0.25, 0.3) is 11.8 Å². The highest BCUT2D eigenvalue weighted by Crippen LogP contribution is 2.35. The number of fused-ring (bicyclic) bond motifs is 2. The van der Waals surface area contributed by atoms with Gasteiger partial charge in [-0.25, -0.2) is 27.9 Å². The number of hydrogen-bond acceptors (Lipinski definition) is 8. The molecule has 12 nitrogen and oxygen atoms in total. The van der Waals surface area contributed by atoms with Gasteiger partial charge in [0.05, 0.1) is 17.8 Å². The number of hydrogen-bond donors (Lipinski definition) is 3. The van der Waals surface area contributed by atoms with Crippen molar-refractivity contribution in [2.24, 2.45) is 0 Å². The lowest BCUT2D eigenvalue weighted by Crippen LogP contribution is -2.31. The van der Waals surface area contributed by atoms with Gasteiger partial charge in [-0.15, -0.1) is 0 Å². The molecule has 4 aromatic rings. The molecular formula is C35H38F2N6O6. The van der Waals surface area contributed by atoms with Gasteiger partial charge < -0.3 is 20.1 Å². The van der Waals surface area contributed by atoms with Crippen molar-refractivity contribution in [3.63, 3.8) is 0 Å². The fourth-order valence-electron chi connectivity index (χ4n) is 5.48. The van der Waals surface area contributed by atoms with E-state index < -0.39 is 52.8 Å². The Kier molecular flexibility index (Phi) is 9.44. The Balaban J connectivity index is 1.45. The Labute approximate surface area is 281 Å². The molecule has 0 radical (unpaired) electrons. The van der Waals surface area contributed by atoms with E-state index in [1.54, 1.807) is 53.7 Å². The van der Waals surface area contributed by atoms with Crippen LogP contribution in [0.2, 0.25) is 0 Å². The minimum Gasteiger partial charge on any atom is -0.456 e. The van der Waals surface area contributed by atoms with Crippen molar-refractivity contribution in [1.29, 1.82) is 0 Å². The summed E-state index contributed by atoms with van der Waals surface area (Å²) in [6.45, 7) is 12.2. The van der Waals surface area contributed by atoms with Crippen molar-refractivity contribution < 1.29 is 37.4 Å². The minimum absolute atomic E-state index is 0.0128. The number of anilines is 1. The van der Waals surface area contributed by atoms with Crippen LogP contribution in [0.3, 0.4) is 0 Å². The summed E-state index contributed by atoms with van der Waals surface area (Å²) in [6, 6.07) is 7.56. The SMILES string of the molecule is Cc1c(C(=O)OC(C)(C)C)ccc2c1CC[C@@H]2NC(=O)c1cc(C(=O)NCc2ccc(F)c(F)c2)nc2c(NC(=O)OC(C)(C)C)cnn12. The zero-order chi connectivity index (χ0) is 35.8. The van der Waals surface area contributed by atoms with Crippen molar-refractivity contribution in [2.45, 2.75) is 85.1 Å². The Bertz CT molecular complexity index is 1980. The molecule has 0 fully saturated rings. The van der Waals surface area contributed by atoms with Gasteiger partial charge in [0.2, 0.25) is 0 Å². The zero-order valence-corrected chi connectivity index (χ0v) is 28.3. The number of carbonyl (C=O) groups is 4. The van der Waals surface area contributed by atoms with Gasteiger partial charge in [0.15, 0.2) is 17.3 Å². The van der Waals surface area contributed by atoms with Crippen molar-refractivity contribution in [1.82, 2.24) is 25.2 Å². The highest BCUT2D eigenvalue weighted by Gasteiger charge is 2.30. The number of esters is 1. The first-order valence-corrected chi connectivity index (χ1v) is 15.7. The summed E-state index contributed by atoms with van der Waals surface area (Å²) in [5.74, 6) is -3.81. The van der Waals surface area contributed by atoms with Crippen LogP contribution >= 0.6 is 0 Å². The van der Waals surface area contributed by atoms with Crippen LogP contribution in [0.15, 0.2) is 42.6 Å². The van der Waals surface area contributed by atoms with Gasteiger partial charge in [-0.2, -0.15) is 5.10 Å². The fraction of sp³-hybridized carbons (Fsp3) is 0.371. The van der Waals surface area contributed by atoms with Gasteiger partial charge in [-0.05, 0) is 102 Å². The molecule has 0 unspecified atom stereocenters. The van der Waals surface area contributed by atoms with Gasteiger partial charge in [0.1, 0.15) is 28.3 Å². The van der Waals surface area contributed by atoms with Crippen LogP contribution < -0.4 is 16.0 Å². The van der Waals surface area contributed by atoms with Crippen LogP contribution in [-0.2, 0) is 22.4 Å². The Morgan fingerprint density at radius 1 is 0.939 bits per heavy atom. The molecule has 1 aliphatic carbocycles. The van der Waals surface area contributed by atoms with Crippen molar-refractivity contribution in [2.75, 3.05) is 5.32 Å². The summed E-state index contributed by atoms with van der Waals surface area (Å²) in [7, 11) is 0. The Hall–Kier alpha value is -5.40. The first kappa shape index (κ1) is 34.9. The van der Waals surface area contributed by atoms with E-state index in [1.807, 2.05) is 6.92 Å². The second-order valence-corrected chi connectivity index (χ2v) is 13.8. The third-order valence-electron chi connectivity index (χ3n) is 7.63. The first-order valence-electron chi connectivity index (χ1n) is 15.7. The fourth-order valence-corrected chi connectivity index (χ4v) is 5.48. The van der Waals surface area contributed by atoms with E-state index in [4.69, 9.17) is 9.47 Å². The number of amides is 3. The molecule has 0 aliphatic heterocycles. The summed E-state index contributed by atoms with van der Waals surface area (Å²) in [4.78, 5) is 57.0. The predicted octanol–water partition coefficient (Wildman–Crippen LogP) is 5.97. The van der Waals surface area contributed by atoms with E-state index >= 15 is 0 Å². The number of ether oxygens (including phenoxy) is 2. The molecule has 2 aromatic carbocycles. The van der Waals surface area contributed by atoms with E-state index in [0.29, 0.717) is 24.0 Å². The molecule has 3 amide bonds. The standard InChI is InChI=1S/C35H38F2N6O6/c1-18-20-11-13-25(22(20)10-9-21(18)32(46)48-34(2,3)4)41-31(45)28-15-26(30(44)38-16-19-8-12-23(36)24(37)14-19)40-29-27(17-39-43(28)29)42-33(47)49-35(5,6)7/h8-10,12,14-15,17,25H,11,13,16H2,1-7H3,(H,38,44)(H,41,45)(H,42,47)/t25-/m0/s1. The lowest BCUT2D eigenvalue weighted by atomic mass is 9.97. The molecule has 1 aliphatic rings. The Morgan fingerprint density at radius 2 is 1.65 bits per heavy atom. The molecular weight excluding hydrogens is 638 g/mol. The summed E-state index contributed by atoms with van der Waals surface area (Å²) in [5.41, 5.74) is 1.67. The van der Waals surface area contributed by atoms with Crippen LogP contribution in [0.1, 0.15) is 108 Å². The number of benzene rings is 2. The van der Waals surface area contributed by atoms with Gasteiger partial charge in [0, 0.05) is 12.6 Å². The van der Waals surface area contributed by atoms with Crippen LogP contribution in [0.5, 0.6) is 0 Å². The third-order valence-corrected chi connectivity index (χ3v) is 7.63. The number of aromatic nitrogens is 3. The molecule has 0 bridgehead atoms. The largest absolute Gasteiger partial charge is 0.456 e. The van der Waals surface area contributed by atoms with Gasteiger partial charge in [-0.1, -0.05) is 12.1 Å². The number of rotatable bonds is 7. The van der Waals surface area contributed by atoms with Crippen LogP contribution in [0, 0.1) is 18.6 Å². The minimum atomic E-state index is -1.06. The van der Waals surface area contributed by atoms with E-state index in [2.05, 4.69) is 26.0 Å². The van der Waals surface area contributed by atoms with E-state index in [-0.39, 0.29) is 29.3 Å². The number of nitrogens with zero attached hydrogens (tertiary/aromatic N) is 3. The van der Waals surface area contributed by atoms with Crippen LogP contribution in [-0.4, -0.2) is 49.7 Å². The highest BCUT2D eigenvalue weighted by atomic mass is 19.2. The maximum absolute atomic E-state index is 13.9. The second-order valence-electron chi connectivity index (χ2n) is 13.8. The molecule has 1 atom stereocenters. The topological polar surface area (TPSA) is 153 Å². The average Bonchev–Trinajstić information content (AvgIpc) is 3.59. The lowest BCUT2D eigenvalue weighted by Gasteiger charge is -2.21. The summed E-state index contributed by atoms with van der Waals surface area (Å²) >= 11 is 0. The summed E-state index contributed by atoms with van der Waals surface area (Å²) < 4.78 is 39.2. The predicted molar refractivity (Wildman–Crippen MR) is 175 cm³/mol. The lowest BCUT2D eigenvalue weighted by molar-refractivity contribution is 0.00680. The molecule has 49 heavy (non-hydrogen) atoms. The smallest absolute Gasteiger partial charge is 0.412 e. The average molecular weight is 677 g/mol. The normalized spacial score (nSPS) is 14.3. The quantitative estimate of drug-likeness (QED) is 0.203. The van der Waals surface area contributed by atoms with E-state index in [1.165, 1.54) is 22.8 Å². The van der Waals surface area contributed by atoms with Crippen molar-refractivity contribution >= 4 is 35.2 Å². The number of nitrogens with one attached hydrogen (secondary N) is 3. The van der Waals surface area contributed by atoms with Crippen LogP contribution in [0.25, 0.3) is 5.65 Å². The molecule has 0 saturated heterocycles. The maximum atomic E-state index is 13.9. The zero-order valence-electron chi connectivity index (χ0n) is 28.3. The molecule has 0 saturated carbocycles. The highest BCUT2D eigenvalue weighted by molar-refractivity contribution is 6.00. The molecule has 14 heteroatoms. The van der Waals surface area contributed by atoms with Crippen molar-refractivity contribution in [3.8, 4) is 0 Å². The molecule has 0 spiro atoms. The molecule has 5 rings (SSSR count). The summed E-state index contributed by atoms with van der Waals surface area (Å²) in [6.07, 6.45) is 1.64. The summed E-state index contributed by atoms with van der Waals surface area (Å²) in [5, 5.41) is 12.4. The van der Waals surface area contributed by atoms with Gasteiger partial charge >= 0.3 is 12.1 Å². The number of carbonyl (C=O) groups excluding carboxylic acids is 4. The molecule has 2 heterocycles. The molecule has 258 valence electrons. The van der Waals surface area contributed by atoms with Gasteiger partial charge in [-0.3, -0.25) is 14.9 Å². The molecule has 3 N–H and O–H groups in total. The Morgan fingerprint density at radius 3 is 2.33 bits per heavy atom. The maximum Gasteiger partial charge on any atom is 0.412 e. The number of halogens is 2. The van der Waals surface area contributed by atoms with Crippen LogP contribution in [0.4, 0.5) is 19.3 Å². The second kappa shape index (κ2) is 13.2. The van der Waals surface area contributed by atoms with Crippen molar-refractivity contribution in [3.05, 3.63) is 93.4 Å². The first-order chi connectivity index (χ1) is 22.9. The molecule has 2 aromatic heterocycles. The monoisotopic (exact) mass is 676 g/mol.